The first-order valence-electron chi connectivity index (χ1n) is 6.23. The number of aliphatic imine (C=N–C) groups is 1. The third kappa shape index (κ3) is 3.43. The standard InChI is InChI=1S/C14H18N2O/c1-11-6-5-7-12(10-15-11)14(17)16-13-8-3-2-4-9-13/h6-7,10,13H,2-4,8-9H2,1H3,(H,16,17). The van der Waals surface area contributed by atoms with E-state index in [0.717, 1.165) is 18.6 Å². The van der Waals surface area contributed by atoms with Crippen LogP contribution in [0.2, 0.25) is 0 Å². The summed E-state index contributed by atoms with van der Waals surface area (Å²) in [7, 11) is 0. The molecule has 1 aliphatic heterocycles. The van der Waals surface area contributed by atoms with Gasteiger partial charge in [0.05, 0.1) is 5.57 Å². The van der Waals surface area contributed by atoms with Gasteiger partial charge in [-0.15, -0.1) is 5.73 Å². The summed E-state index contributed by atoms with van der Waals surface area (Å²) in [6, 6.07) is 0.336. The quantitative estimate of drug-likeness (QED) is 0.728. The molecule has 1 N–H and O–H groups in total. The number of nitrogens with one attached hydrogen (secondary N) is 1. The average molecular weight is 230 g/mol. The minimum atomic E-state index is -0.0312. The lowest BCUT2D eigenvalue weighted by Crippen LogP contribution is -2.36. The maximum absolute atomic E-state index is 12.0. The fourth-order valence-electron chi connectivity index (χ4n) is 2.14. The summed E-state index contributed by atoms with van der Waals surface area (Å²) < 4.78 is 0. The molecule has 2 rings (SSSR count). The van der Waals surface area contributed by atoms with E-state index in [4.69, 9.17) is 0 Å². The van der Waals surface area contributed by atoms with E-state index < -0.39 is 0 Å². The summed E-state index contributed by atoms with van der Waals surface area (Å²) in [5, 5.41) is 3.07. The lowest BCUT2D eigenvalue weighted by molar-refractivity contribution is -0.118. The van der Waals surface area contributed by atoms with Crippen molar-refractivity contribution in [2.75, 3.05) is 0 Å². The molecule has 1 saturated carbocycles. The highest BCUT2D eigenvalue weighted by Crippen LogP contribution is 2.17. The zero-order valence-electron chi connectivity index (χ0n) is 10.2. The third-order valence-electron chi connectivity index (χ3n) is 3.14. The third-order valence-corrected chi connectivity index (χ3v) is 3.14. The number of nitrogens with zero attached hydrogens (tertiary/aromatic N) is 1. The number of hydrogen-bond acceptors (Lipinski definition) is 2. The minimum absolute atomic E-state index is 0.0312. The summed E-state index contributed by atoms with van der Waals surface area (Å²) in [5.41, 5.74) is 4.40. The molecule has 0 saturated heterocycles. The molecule has 1 amide bonds. The van der Waals surface area contributed by atoms with E-state index in [-0.39, 0.29) is 5.91 Å². The van der Waals surface area contributed by atoms with Crippen LogP contribution in [0.15, 0.2) is 34.6 Å². The van der Waals surface area contributed by atoms with Crippen molar-refractivity contribution in [1.29, 1.82) is 0 Å². The molecule has 3 nitrogen and oxygen atoms in total. The topological polar surface area (TPSA) is 41.5 Å². The van der Waals surface area contributed by atoms with Gasteiger partial charge in [-0.2, -0.15) is 0 Å². The first-order valence-corrected chi connectivity index (χ1v) is 6.23. The molecular formula is C14H18N2O. The Morgan fingerprint density at radius 1 is 1.35 bits per heavy atom. The van der Waals surface area contributed by atoms with Crippen LogP contribution in [0.4, 0.5) is 0 Å². The first kappa shape index (κ1) is 11.9. The number of amides is 1. The van der Waals surface area contributed by atoms with Gasteiger partial charge in [0.25, 0.3) is 5.91 Å². The van der Waals surface area contributed by atoms with E-state index in [0.29, 0.717) is 11.6 Å². The minimum Gasteiger partial charge on any atom is -0.349 e. The van der Waals surface area contributed by atoms with Gasteiger partial charge in [-0.05, 0) is 25.8 Å². The predicted octanol–water partition coefficient (Wildman–Crippen LogP) is 2.51. The zero-order valence-corrected chi connectivity index (χ0v) is 10.2. The maximum atomic E-state index is 12.0. The van der Waals surface area contributed by atoms with Crippen molar-refractivity contribution in [3.05, 3.63) is 29.7 Å². The molecule has 0 unspecified atom stereocenters. The summed E-state index contributed by atoms with van der Waals surface area (Å²) in [5.74, 6) is -0.0312. The molecule has 1 fully saturated rings. The van der Waals surface area contributed by atoms with Crippen LogP contribution in [0.1, 0.15) is 39.0 Å². The second kappa shape index (κ2) is 5.65. The van der Waals surface area contributed by atoms with Gasteiger partial charge in [-0.3, -0.25) is 9.79 Å². The Morgan fingerprint density at radius 2 is 2.12 bits per heavy atom. The molecular weight excluding hydrogens is 212 g/mol. The number of carbonyl (C=O) groups is 1. The van der Waals surface area contributed by atoms with Crippen LogP contribution < -0.4 is 5.32 Å². The molecule has 0 aromatic carbocycles. The monoisotopic (exact) mass is 230 g/mol. The van der Waals surface area contributed by atoms with Crippen LogP contribution in [0.5, 0.6) is 0 Å². The SMILES string of the molecule is CC1=NC=C(C(=O)NC2CCCCC2)C=C=C1. The van der Waals surface area contributed by atoms with Crippen molar-refractivity contribution in [3.8, 4) is 0 Å². The highest BCUT2D eigenvalue weighted by atomic mass is 16.1. The number of hydrogen-bond donors (Lipinski definition) is 1. The molecule has 1 heterocycles. The summed E-state index contributed by atoms with van der Waals surface area (Å²) in [4.78, 5) is 16.2. The molecule has 1 aliphatic carbocycles. The zero-order chi connectivity index (χ0) is 12.1. The lowest BCUT2D eigenvalue weighted by atomic mass is 9.95. The van der Waals surface area contributed by atoms with Crippen LogP contribution in [0, 0.1) is 0 Å². The molecule has 2 aliphatic rings. The number of carbonyl (C=O) groups excluding carboxylic acids is 1. The average Bonchev–Trinajstić information content (AvgIpc) is 2.55. The predicted molar refractivity (Wildman–Crippen MR) is 68.9 cm³/mol. The van der Waals surface area contributed by atoms with Crippen LogP contribution in [-0.4, -0.2) is 17.7 Å². The molecule has 0 aromatic rings. The van der Waals surface area contributed by atoms with Gasteiger partial charge in [-0.1, -0.05) is 19.3 Å². The van der Waals surface area contributed by atoms with E-state index in [1.54, 1.807) is 18.4 Å². The van der Waals surface area contributed by atoms with E-state index in [1.165, 1.54) is 19.3 Å². The largest absolute Gasteiger partial charge is 0.349 e. The van der Waals surface area contributed by atoms with Crippen LogP contribution >= 0.6 is 0 Å². The highest BCUT2D eigenvalue weighted by molar-refractivity contribution is 5.99. The molecule has 0 bridgehead atoms. The van der Waals surface area contributed by atoms with Gasteiger partial charge in [0.1, 0.15) is 0 Å². The van der Waals surface area contributed by atoms with E-state index in [9.17, 15) is 4.79 Å². The van der Waals surface area contributed by atoms with Gasteiger partial charge in [0.2, 0.25) is 0 Å². The summed E-state index contributed by atoms with van der Waals surface area (Å²) >= 11 is 0. The molecule has 90 valence electrons. The normalized spacial score (nSPS) is 20.5. The Hall–Kier alpha value is -1.60. The lowest BCUT2D eigenvalue weighted by Gasteiger charge is -2.22. The summed E-state index contributed by atoms with van der Waals surface area (Å²) in [6.07, 6.45) is 11.0. The van der Waals surface area contributed by atoms with Gasteiger partial charge in [0.15, 0.2) is 0 Å². The van der Waals surface area contributed by atoms with E-state index in [2.05, 4.69) is 16.0 Å². The van der Waals surface area contributed by atoms with Crippen molar-refractivity contribution < 1.29 is 4.79 Å². The molecule has 0 spiro atoms. The summed E-state index contributed by atoms with van der Waals surface area (Å²) in [6.45, 7) is 1.89. The van der Waals surface area contributed by atoms with E-state index >= 15 is 0 Å². The Morgan fingerprint density at radius 3 is 2.88 bits per heavy atom. The second-order valence-corrected chi connectivity index (χ2v) is 4.62. The van der Waals surface area contributed by atoms with Crippen LogP contribution in [0.3, 0.4) is 0 Å². The fraction of sp³-hybridized carbons (Fsp3) is 0.500. The van der Waals surface area contributed by atoms with Crippen LogP contribution in [-0.2, 0) is 4.79 Å². The van der Waals surface area contributed by atoms with Gasteiger partial charge in [-0.25, -0.2) is 0 Å². The van der Waals surface area contributed by atoms with Gasteiger partial charge >= 0.3 is 0 Å². The molecule has 0 atom stereocenters. The molecule has 3 heteroatoms. The van der Waals surface area contributed by atoms with Gasteiger partial charge in [0, 0.05) is 24.0 Å². The molecule has 17 heavy (non-hydrogen) atoms. The fourth-order valence-corrected chi connectivity index (χ4v) is 2.14. The Kier molecular flexibility index (Phi) is 3.94. The Balaban J connectivity index is 1.98. The second-order valence-electron chi connectivity index (χ2n) is 4.62. The highest BCUT2D eigenvalue weighted by Gasteiger charge is 2.17. The van der Waals surface area contributed by atoms with Crippen molar-refractivity contribution in [1.82, 2.24) is 5.32 Å². The first-order chi connectivity index (χ1) is 8.25. The number of rotatable bonds is 2. The molecule has 0 radical (unpaired) electrons. The van der Waals surface area contributed by atoms with Gasteiger partial charge < -0.3 is 5.32 Å². The smallest absolute Gasteiger partial charge is 0.253 e. The van der Waals surface area contributed by atoms with Crippen molar-refractivity contribution in [2.24, 2.45) is 4.99 Å². The Labute approximate surface area is 102 Å². The molecule has 0 aromatic heterocycles. The van der Waals surface area contributed by atoms with Crippen molar-refractivity contribution >= 4 is 11.6 Å². The van der Waals surface area contributed by atoms with Crippen LogP contribution in [0.25, 0.3) is 0 Å². The maximum Gasteiger partial charge on any atom is 0.253 e. The Bertz CT molecular complexity index is 420. The van der Waals surface area contributed by atoms with Crippen molar-refractivity contribution in [3.63, 3.8) is 0 Å². The van der Waals surface area contributed by atoms with Crippen molar-refractivity contribution in [2.45, 2.75) is 45.1 Å². The van der Waals surface area contributed by atoms with E-state index in [1.807, 2.05) is 6.92 Å².